The van der Waals surface area contributed by atoms with Crippen LogP contribution in [0.1, 0.15) is 10.4 Å². The van der Waals surface area contributed by atoms with Crippen LogP contribution in [-0.2, 0) is 4.74 Å². The summed E-state index contributed by atoms with van der Waals surface area (Å²) in [5.74, 6) is -0.701. The van der Waals surface area contributed by atoms with Gasteiger partial charge in [-0.25, -0.2) is 9.37 Å². The molecule has 28 heavy (non-hydrogen) atoms. The molecule has 1 saturated heterocycles. The second kappa shape index (κ2) is 8.53. The van der Waals surface area contributed by atoms with E-state index in [-0.39, 0.29) is 5.91 Å². The van der Waals surface area contributed by atoms with Gasteiger partial charge in [0, 0.05) is 36.8 Å². The van der Waals surface area contributed by atoms with E-state index < -0.39 is 5.82 Å². The summed E-state index contributed by atoms with van der Waals surface area (Å²) in [6.45, 7) is 4.20. The molecule has 1 amide bonds. The molecule has 0 N–H and O–H groups in total. The summed E-state index contributed by atoms with van der Waals surface area (Å²) in [5, 5.41) is 1.21. The van der Waals surface area contributed by atoms with Crippen LogP contribution >= 0.6 is 22.9 Å². The number of halogens is 2. The molecule has 1 aliphatic heterocycles. The number of anilines is 1. The van der Waals surface area contributed by atoms with Gasteiger partial charge in [-0.3, -0.25) is 14.6 Å². The van der Waals surface area contributed by atoms with Crippen molar-refractivity contribution in [2.24, 2.45) is 0 Å². The van der Waals surface area contributed by atoms with Gasteiger partial charge in [0.15, 0.2) is 5.13 Å². The third-order valence-corrected chi connectivity index (χ3v) is 5.91. The van der Waals surface area contributed by atoms with E-state index in [1.165, 1.54) is 23.5 Å². The molecule has 0 spiro atoms. The standard InChI is InChI=1S/C20H19ClFN3O2S/c21-15-4-5-17-18(13-15)28-20(23-17)25(7-6-24-8-10-27-11-9-24)19(26)14-2-1-3-16(22)12-14/h1-5,12-13H,6-11H2. The van der Waals surface area contributed by atoms with E-state index in [1.807, 2.05) is 12.1 Å². The first-order chi connectivity index (χ1) is 13.6. The molecule has 2 heterocycles. The minimum absolute atomic E-state index is 0.266. The van der Waals surface area contributed by atoms with Crippen LogP contribution in [0.4, 0.5) is 9.52 Å². The minimum atomic E-state index is -0.435. The molecule has 1 fully saturated rings. The predicted octanol–water partition coefficient (Wildman–Crippen LogP) is 4.07. The van der Waals surface area contributed by atoms with Crippen molar-refractivity contribution in [1.29, 1.82) is 0 Å². The van der Waals surface area contributed by atoms with Crippen molar-refractivity contribution in [1.82, 2.24) is 9.88 Å². The van der Waals surface area contributed by atoms with Crippen molar-refractivity contribution in [2.45, 2.75) is 0 Å². The maximum absolute atomic E-state index is 13.7. The topological polar surface area (TPSA) is 45.7 Å². The molecule has 0 atom stereocenters. The van der Waals surface area contributed by atoms with Gasteiger partial charge in [0.25, 0.3) is 5.91 Å². The SMILES string of the molecule is O=C(c1cccc(F)c1)N(CCN1CCOCC1)c1nc2ccc(Cl)cc2s1. The Kier molecular flexibility index (Phi) is 5.87. The van der Waals surface area contributed by atoms with Gasteiger partial charge in [0.2, 0.25) is 0 Å². The van der Waals surface area contributed by atoms with Gasteiger partial charge in [0.1, 0.15) is 5.82 Å². The molecule has 3 aromatic rings. The molecule has 0 saturated carbocycles. The number of aromatic nitrogens is 1. The Morgan fingerprint density at radius 1 is 1.25 bits per heavy atom. The van der Waals surface area contributed by atoms with E-state index in [4.69, 9.17) is 16.3 Å². The lowest BCUT2D eigenvalue weighted by Gasteiger charge is -2.29. The molecule has 1 aliphatic rings. The zero-order valence-corrected chi connectivity index (χ0v) is 16.7. The summed E-state index contributed by atoms with van der Waals surface area (Å²) >= 11 is 7.49. The Morgan fingerprint density at radius 2 is 2.07 bits per heavy atom. The first-order valence-corrected chi connectivity index (χ1v) is 10.2. The average Bonchev–Trinajstić information content (AvgIpc) is 3.11. The van der Waals surface area contributed by atoms with Crippen LogP contribution in [0.25, 0.3) is 10.2 Å². The van der Waals surface area contributed by atoms with Gasteiger partial charge in [-0.2, -0.15) is 0 Å². The summed E-state index contributed by atoms with van der Waals surface area (Å²) in [6, 6.07) is 11.2. The lowest BCUT2D eigenvalue weighted by Crippen LogP contribution is -2.43. The number of ether oxygens (including phenoxy) is 1. The highest BCUT2D eigenvalue weighted by Gasteiger charge is 2.23. The van der Waals surface area contributed by atoms with Crippen LogP contribution in [0, 0.1) is 5.82 Å². The maximum atomic E-state index is 13.7. The van der Waals surface area contributed by atoms with Gasteiger partial charge in [-0.1, -0.05) is 29.0 Å². The molecule has 8 heteroatoms. The van der Waals surface area contributed by atoms with Crippen molar-refractivity contribution in [3.8, 4) is 0 Å². The molecule has 4 rings (SSSR count). The molecule has 0 aliphatic carbocycles. The third-order valence-electron chi connectivity index (χ3n) is 4.63. The van der Waals surface area contributed by atoms with E-state index in [2.05, 4.69) is 9.88 Å². The third kappa shape index (κ3) is 4.33. The van der Waals surface area contributed by atoms with Crippen LogP contribution in [0.15, 0.2) is 42.5 Å². The number of benzene rings is 2. The Morgan fingerprint density at radius 3 is 2.86 bits per heavy atom. The van der Waals surface area contributed by atoms with Crippen LogP contribution in [0.2, 0.25) is 5.02 Å². The normalized spacial score (nSPS) is 15.1. The van der Waals surface area contributed by atoms with Crippen LogP contribution in [-0.4, -0.2) is 55.2 Å². The number of hydrogen-bond acceptors (Lipinski definition) is 5. The summed E-state index contributed by atoms with van der Waals surface area (Å²) in [4.78, 5) is 21.7. The summed E-state index contributed by atoms with van der Waals surface area (Å²) < 4.78 is 20.0. The van der Waals surface area contributed by atoms with Crippen molar-refractivity contribution >= 4 is 44.2 Å². The number of carbonyl (C=O) groups excluding carboxylic acids is 1. The smallest absolute Gasteiger partial charge is 0.260 e. The first-order valence-electron chi connectivity index (χ1n) is 9.04. The second-order valence-corrected chi connectivity index (χ2v) is 7.98. The monoisotopic (exact) mass is 419 g/mol. The lowest BCUT2D eigenvalue weighted by atomic mass is 10.2. The number of fused-ring (bicyclic) bond motifs is 1. The largest absolute Gasteiger partial charge is 0.379 e. The molecule has 0 radical (unpaired) electrons. The zero-order valence-electron chi connectivity index (χ0n) is 15.1. The van der Waals surface area contributed by atoms with E-state index in [0.29, 0.717) is 42.0 Å². The van der Waals surface area contributed by atoms with E-state index in [9.17, 15) is 9.18 Å². The molecule has 1 aromatic heterocycles. The predicted molar refractivity (Wildman–Crippen MR) is 110 cm³/mol. The van der Waals surface area contributed by atoms with Gasteiger partial charge < -0.3 is 4.74 Å². The fourth-order valence-corrected chi connectivity index (χ4v) is 4.40. The lowest BCUT2D eigenvalue weighted by molar-refractivity contribution is 0.0391. The molecule has 0 bridgehead atoms. The maximum Gasteiger partial charge on any atom is 0.260 e. The molecular weight excluding hydrogens is 401 g/mol. The van der Waals surface area contributed by atoms with Crippen LogP contribution < -0.4 is 4.90 Å². The Labute approximate surface area is 171 Å². The molecular formula is C20H19ClFN3O2S. The summed E-state index contributed by atoms with van der Waals surface area (Å²) in [5.41, 5.74) is 1.09. The second-order valence-electron chi connectivity index (χ2n) is 6.53. The fraction of sp³-hybridized carbons (Fsp3) is 0.300. The number of nitrogens with zero attached hydrogens (tertiary/aromatic N) is 3. The molecule has 0 unspecified atom stereocenters. The first kappa shape index (κ1) is 19.3. The Hall–Kier alpha value is -2.06. The number of rotatable bonds is 5. The van der Waals surface area contributed by atoms with Gasteiger partial charge in [-0.15, -0.1) is 0 Å². The number of amides is 1. The van der Waals surface area contributed by atoms with Gasteiger partial charge in [-0.05, 0) is 36.4 Å². The van der Waals surface area contributed by atoms with E-state index >= 15 is 0 Å². The van der Waals surface area contributed by atoms with Crippen molar-refractivity contribution in [2.75, 3.05) is 44.3 Å². The van der Waals surface area contributed by atoms with Gasteiger partial charge >= 0.3 is 0 Å². The highest BCUT2D eigenvalue weighted by Crippen LogP contribution is 2.31. The number of hydrogen-bond donors (Lipinski definition) is 0. The highest BCUT2D eigenvalue weighted by atomic mass is 35.5. The summed E-state index contributed by atoms with van der Waals surface area (Å²) in [6.07, 6.45) is 0. The highest BCUT2D eigenvalue weighted by molar-refractivity contribution is 7.22. The summed E-state index contributed by atoms with van der Waals surface area (Å²) in [7, 11) is 0. The zero-order chi connectivity index (χ0) is 19.5. The van der Waals surface area contributed by atoms with Crippen LogP contribution in [0.3, 0.4) is 0 Å². The Balaban J connectivity index is 1.63. The molecule has 5 nitrogen and oxygen atoms in total. The minimum Gasteiger partial charge on any atom is -0.379 e. The number of thiazole rings is 1. The Bertz CT molecular complexity index is 990. The molecule has 146 valence electrons. The van der Waals surface area contributed by atoms with E-state index in [0.717, 1.165) is 23.3 Å². The quantitative estimate of drug-likeness (QED) is 0.625. The molecule has 2 aromatic carbocycles. The van der Waals surface area contributed by atoms with E-state index in [1.54, 1.807) is 23.1 Å². The van der Waals surface area contributed by atoms with Gasteiger partial charge in [0.05, 0.1) is 23.4 Å². The average molecular weight is 420 g/mol. The van der Waals surface area contributed by atoms with Crippen molar-refractivity contribution in [3.63, 3.8) is 0 Å². The number of morpholine rings is 1. The van der Waals surface area contributed by atoms with Crippen molar-refractivity contribution in [3.05, 3.63) is 58.9 Å². The number of carbonyl (C=O) groups is 1. The fourth-order valence-electron chi connectivity index (χ4n) is 3.13. The van der Waals surface area contributed by atoms with Crippen LogP contribution in [0.5, 0.6) is 0 Å². The van der Waals surface area contributed by atoms with Crippen molar-refractivity contribution < 1.29 is 13.9 Å².